The smallest absolute Gasteiger partial charge is 0.417 e. The number of hydrogen-bond acceptors (Lipinski definition) is 9. The third-order valence-electron chi connectivity index (χ3n) is 8.69. The standard InChI is InChI=1S/C28H32F5N7O2/c1-12-8-14-4-5-15(36-14)10-35-24-18-23(38-26(39-24)40-7-6-27(40,3)11-41)21(30)22(37-25(18)42-12)16-9-17(34)20(29)13(2)19(16)28(31,32)33/h9,12,14-15,36,41H,4-8,10-11,34H2,1-3H3,(H,35,38,39)/t12-,14?,15?,27+/m0/s1. The maximum absolute atomic E-state index is 16.6. The van der Waals surface area contributed by atoms with Gasteiger partial charge in [-0.15, -0.1) is 0 Å². The molecule has 0 spiro atoms. The molecule has 5 N–H and O–H groups in total. The first-order valence-electron chi connectivity index (χ1n) is 13.9. The topological polar surface area (TPSA) is 121 Å². The minimum Gasteiger partial charge on any atom is -0.474 e. The van der Waals surface area contributed by atoms with Crippen LogP contribution in [-0.4, -0.2) is 63.5 Å². The van der Waals surface area contributed by atoms with E-state index in [2.05, 4.69) is 25.6 Å². The second-order valence-corrected chi connectivity index (χ2v) is 11.7. The number of nitrogen functional groups attached to an aromatic ring is 1. The highest BCUT2D eigenvalue weighted by Crippen LogP contribution is 2.45. The van der Waals surface area contributed by atoms with E-state index in [0.717, 1.165) is 25.8 Å². The van der Waals surface area contributed by atoms with Gasteiger partial charge in [-0.3, -0.25) is 0 Å². The molecule has 0 radical (unpaired) electrons. The van der Waals surface area contributed by atoms with E-state index in [-0.39, 0.29) is 47.2 Å². The molecular formula is C28H32F5N7O2. The zero-order valence-corrected chi connectivity index (χ0v) is 23.4. The Labute approximate surface area is 238 Å². The summed E-state index contributed by atoms with van der Waals surface area (Å²) in [6.07, 6.45) is -2.45. The van der Waals surface area contributed by atoms with Crippen molar-refractivity contribution in [3.05, 3.63) is 28.8 Å². The van der Waals surface area contributed by atoms with E-state index in [4.69, 9.17) is 10.5 Å². The van der Waals surface area contributed by atoms with E-state index >= 15 is 4.39 Å². The predicted octanol–water partition coefficient (Wildman–Crippen LogP) is 4.54. The van der Waals surface area contributed by atoms with Gasteiger partial charge < -0.3 is 31.1 Å². The van der Waals surface area contributed by atoms with Gasteiger partial charge in [0, 0.05) is 30.7 Å². The van der Waals surface area contributed by atoms with Crippen molar-refractivity contribution < 1.29 is 31.8 Å². The van der Waals surface area contributed by atoms with Crippen LogP contribution < -0.4 is 26.0 Å². The van der Waals surface area contributed by atoms with Crippen LogP contribution in [0.1, 0.15) is 50.7 Å². The number of nitrogens with one attached hydrogen (secondary N) is 2. The number of anilines is 3. The molecule has 2 unspecified atom stereocenters. The summed E-state index contributed by atoms with van der Waals surface area (Å²) >= 11 is 0. The highest BCUT2D eigenvalue weighted by atomic mass is 19.4. The summed E-state index contributed by atoms with van der Waals surface area (Å²) in [7, 11) is 0. The minimum absolute atomic E-state index is 0.0798. The molecule has 3 aliphatic rings. The van der Waals surface area contributed by atoms with Gasteiger partial charge in [0.2, 0.25) is 11.8 Å². The van der Waals surface area contributed by atoms with Gasteiger partial charge in [0.25, 0.3) is 0 Å². The summed E-state index contributed by atoms with van der Waals surface area (Å²) in [6, 6.07) is 1.000. The summed E-state index contributed by atoms with van der Waals surface area (Å²) in [6.45, 7) is 5.29. The molecule has 2 bridgehead atoms. The number of aliphatic hydroxyl groups excluding tert-OH is 1. The number of fused-ring (bicyclic) bond motifs is 2. The average Bonchev–Trinajstić information content (AvgIpc) is 3.35. The van der Waals surface area contributed by atoms with Gasteiger partial charge in [0.05, 0.1) is 29.5 Å². The van der Waals surface area contributed by atoms with E-state index < -0.39 is 57.5 Å². The number of nitrogens with zero attached hydrogens (tertiary/aromatic N) is 4. The maximum atomic E-state index is 16.6. The molecule has 0 saturated carbocycles. The second-order valence-electron chi connectivity index (χ2n) is 11.7. The first kappa shape index (κ1) is 28.6. The van der Waals surface area contributed by atoms with Crippen LogP contribution in [0.25, 0.3) is 22.2 Å². The van der Waals surface area contributed by atoms with Crippen LogP contribution in [0.5, 0.6) is 5.88 Å². The fourth-order valence-electron chi connectivity index (χ4n) is 6.23. The van der Waals surface area contributed by atoms with Crippen LogP contribution in [0, 0.1) is 18.6 Å². The Hall–Kier alpha value is -3.52. The van der Waals surface area contributed by atoms with Gasteiger partial charge in [0.1, 0.15) is 28.2 Å². The second kappa shape index (κ2) is 10.0. The SMILES string of the molecule is Cc1c(F)c(N)cc(-c2nc3c4c(nc(N5CC[C@]5(C)CO)nc4c2F)NCC2CCC(C[C@H](C)O3)N2)c1C(F)(F)F. The van der Waals surface area contributed by atoms with E-state index in [1.54, 1.807) is 11.8 Å². The molecule has 0 amide bonds. The van der Waals surface area contributed by atoms with E-state index in [9.17, 15) is 22.7 Å². The largest absolute Gasteiger partial charge is 0.474 e. The van der Waals surface area contributed by atoms with Crippen LogP contribution >= 0.6 is 0 Å². The predicted molar refractivity (Wildman–Crippen MR) is 147 cm³/mol. The molecule has 3 aliphatic heterocycles. The normalized spacial score (nSPS) is 25.9. The van der Waals surface area contributed by atoms with Crippen molar-refractivity contribution in [3.63, 3.8) is 0 Å². The van der Waals surface area contributed by atoms with Gasteiger partial charge in [-0.2, -0.15) is 18.2 Å². The summed E-state index contributed by atoms with van der Waals surface area (Å²) in [5.74, 6) is -2.24. The number of hydrogen-bond donors (Lipinski definition) is 4. The molecule has 2 aromatic heterocycles. The zero-order valence-electron chi connectivity index (χ0n) is 23.4. The molecule has 14 heteroatoms. The molecule has 4 atom stereocenters. The van der Waals surface area contributed by atoms with Gasteiger partial charge in [0.15, 0.2) is 5.82 Å². The summed E-state index contributed by atoms with van der Waals surface area (Å²) in [5.41, 5.74) is 0.553. The highest BCUT2D eigenvalue weighted by Gasteiger charge is 2.43. The van der Waals surface area contributed by atoms with Crippen molar-refractivity contribution in [2.75, 3.05) is 35.6 Å². The number of rotatable bonds is 3. The van der Waals surface area contributed by atoms with Gasteiger partial charge >= 0.3 is 6.18 Å². The Morgan fingerprint density at radius 2 is 1.90 bits per heavy atom. The zero-order chi connectivity index (χ0) is 30.1. The van der Waals surface area contributed by atoms with Crippen molar-refractivity contribution in [2.45, 2.75) is 76.4 Å². The van der Waals surface area contributed by atoms with Crippen LogP contribution in [0.3, 0.4) is 0 Å². The van der Waals surface area contributed by atoms with Gasteiger partial charge in [-0.05, 0) is 58.1 Å². The minimum atomic E-state index is -5.04. The Morgan fingerprint density at radius 3 is 2.57 bits per heavy atom. The number of pyridine rings is 1. The summed E-state index contributed by atoms with van der Waals surface area (Å²) in [4.78, 5) is 15.2. The third kappa shape index (κ3) is 4.64. The van der Waals surface area contributed by atoms with Crippen LogP contribution in [0.15, 0.2) is 6.07 Å². The highest BCUT2D eigenvalue weighted by molar-refractivity contribution is 5.97. The first-order valence-corrected chi connectivity index (χ1v) is 13.9. The lowest BCUT2D eigenvalue weighted by Crippen LogP contribution is -2.61. The van der Waals surface area contributed by atoms with Crippen LogP contribution in [-0.2, 0) is 6.18 Å². The molecular weight excluding hydrogens is 561 g/mol. The molecule has 1 aromatic carbocycles. The lowest BCUT2D eigenvalue weighted by atomic mass is 9.88. The van der Waals surface area contributed by atoms with Crippen molar-refractivity contribution in [2.24, 2.45) is 0 Å². The number of nitrogens with two attached hydrogens (primary N) is 1. The van der Waals surface area contributed by atoms with Gasteiger partial charge in [-0.1, -0.05) is 0 Å². The van der Waals surface area contributed by atoms with Crippen LogP contribution in [0.4, 0.5) is 39.4 Å². The fourth-order valence-corrected chi connectivity index (χ4v) is 6.23. The monoisotopic (exact) mass is 593 g/mol. The Kier molecular flexibility index (Phi) is 6.84. The quantitative estimate of drug-likeness (QED) is 0.256. The van der Waals surface area contributed by atoms with E-state index in [1.807, 2.05) is 6.92 Å². The number of halogens is 5. The first-order chi connectivity index (χ1) is 19.8. The van der Waals surface area contributed by atoms with Crippen molar-refractivity contribution in [1.29, 1.82) is 0 Å². The number of alkyl halides is 3. The third-order valence-corrected chi connectivity index (χ3v) is 8.69. The lowest BCUT2D eigenvalue weighted by Gasteiger charge is -2.49. The average molecular weight is 594 g/mol. The molecule has 2 fully saturated rings. The molecule has 42 heavy (non-hydrogen) atoms. The molecule has 226 valence electrons. The molecule has 9 nitrogen and oxygen atoms in total. The van der Waals surface area contributed by atoms with Crippen molar-refractivity contribution in [1.82, 2.24) is 20.3 Å². The number of benzene rings is 1. The van der Waals surface area contributed by atoms with Crippen molar-refractivity contribution in [3.8, 4) is 17.1 Å². The Balaban J connectivity index is 1.65. The molecule has 0 aliphatic carbocycles. The van der Waals surface area contributed by atoms with Crippen LogP contribution in [0.2, 0.25) is 0 Å². The number of ether oxygens (including phenoxy) is 1. The van der Waals surface area contributed by atoms with E-state index in [0.29, 0.717) is 25.9 Å². The fraction of sp³-hybridized carbons (Fsp3) is 0.536. The molecule has 2 saturated heterocycles. The summed E-state index contributed by atoms with van der Waals surface area (Å²) < 4.78 is 80.3. The van der Waals surface area contributed by atoms with E-state index in [1.165, 1.54) is 0 Å². The molecule has 6 rings (SSSR count). The Morgan fingerprint density at radius 1 is 1.17 bits per heavy atom. The Bertz CT molecular complexity index is 1560. The summed E-state index contributed by atoms with van der Waals surface area (Å²) in [5, 5.41) is 16.9. The molecule has 5 heterocycles. The maximum Gasteiger partial charge on any atom is 0.417 e. The number of aromatic nitrogens is 3. The molecule has 3 aromatic rings. The number of aliphatic hydroxyl groups is 1. The van der Waals surface area contributed by atoms with Gasteiger partial charge in [-0.25, -0.2) is 18.7 Å². The van der Waals surface area contributed by atoms with Crippen molar-refractivity contribution >= 4 is 28.4 Å². The lowest BCUT2D eigenvalue weighted by molar-refractivity contribution is -0.137.